The molecule has 0 aliphatic carbocycles. The molecule has 0 radical (unpaired) electrons. The first-order valence-corrected chi connectivity index (χ1v) is 6.58. The van der Waals surface area contributed by atoms with Crippen LogP contribution in [-0.2, 0) is 13.0 Å². The van der Waals surface area contributed by atoms with Crippen molar-refractivity contribution in [2.45, 2.75) is 13.0 Å². The highest BCUT2D eigenvalue weighted by molar-refractivity contribution is 7.09. The summed E-state index contributed by atoms with van der Waals surface area (Å²) in [6, 6.07) is 12.5. The van der Waals surface area contributed by atoms with Crippen molar-refractivity contribution in [2.24, 2.45) is 0 Å². The Labute approximate surface area is 104 Å². The topological polar surface area (TPSA) is 30.9 Å². The largest absolute Gasteiger partial charge is 0.399 e. The molecule has 0 atom stereocenters. The van der Waals surface area contributed by atoms with Crippen LogP contribution in [0.2, 0.25) is 0 Å². The van der Waals surface area contributed by atoms with Crippen LogP contribution in [0.4, 0.5) is 5.69 Å². The van der Waals surface area contributed by atoms with E-state index in [0.717, 1.165) is 18.7 Å². The summed E-state index contributed by atoms with van der Waals surface area (Å²) in [6.07, 6.45) is 3.23. The van der Waals surface area contributed by atoms with Gasteiger partial charge in [0.25, 0.3) is 0 Å². The Morgan fingerprint density at radius 2 is 2.12 bits per heavy atom. The molecule has 86 valence electrons. The monoisotopic (exact) mass is 242 g/mol. The summed E-state index contributed by atoms with van der Waals surface area (Å²) in [5.74, 6) is 0. The quantitative estimate of drug-likeness (QED) is 0.700. The predicted octanol–water partition coefficient (Wildman–Crippen LogP) is 3.53. The van der Waals surface area contributed by atoms with Crippen molar-refractivity contribution < 1.29 is 0 Å². The molecule has 17 heavy (non-hydrogen) atoms. The molecule has 0 fully saturated rings. The number of hydrogen-bond acceptors (Lipinski definition) is 2. The van der Waals surface area contributed by atoms with Crippen molar-refractivity contribution >= 4 is 27.9 Å². The molecular weight excluding hydrogens is 228 g/mol. The van der Waals surface area contributed by atoms with Crippen LogP contribution in [0, 0.1) is 0 Å². The molecule has 0 saturated heterocycles. The second-order valence-electron chi connectivity index (χ2n) is 4.16. The van der Waals surface area contributed by atoms with E-state index in [1.54, 1.807) is 0 Å². The number of hydrogen-bond donors (Lipinski definition) is 1. The SMILES string of the molecule is Nc1ccc2c(ccn2CCc2cccs2)c1. The average Bonchev–Trinajstić information content (AvgIpc) is 2.94. The van der Waals surface area contributed by atoms with Gasteiger partial charge in [0.2, 0.25) is 0 Å². The van der Waals surface area contributed by atoms with E-state index in [0.29, 0.717) is 0 Å². The molecule has 0 unspecified atom stereocenters. The van der Waals surface area contributed by atoms with Crippen LogP contribution in [0.1, 0.15) is 4.88 Å². The standard InChI is InChI=1S/C14H14N2S/c15-12-3-4-14-11(10-12)5-7-16(14)8-6-13-2-1-9-17-13/h1-5,7,9-10H,6,8,15H2. The van der Waals surface area contributed by atoms with Gasteiger partial charge in [-0.2, -0.15) is 0 Å². The predicted molar refractivity (Wildman–Crippen MR) is 74.4 cm³/mol. The zero-order valence-electron chi connectivity index (χ0n) is 9.47. The van der Waals surface area contributed by atoms with Crippen molar-refractivity contribution in [3.05, 3.63) is 52.9 Å². The molecule has 0 spiro atoms. The molecule has 3 aromatic rings. The summed E-state index contributed by atoms with van der Waals surface area (Å²) < 4.78 is 2.29. The highest BCUT2D eigenvalue weighted by atomic mass is 32.1. The first-order valence-electron chi connectivity index (χ1n) is 5.70. The zero-order chi connectivity index (χ0) is 11.7. The average molecular weight is 242 g/mol. The lowest BCUT2D eigenvalue weighted by atomic mass is 10.2. The fourth-order valence-corrected chi connectivity index (χ4v) is 2.80. The molecule has 0 aliphatic rings. The van der Waals surface area contributed by atoms with Crippen LogP contribution in [0.15, 0.2) is 48.0 Å². The van der Waals surface area contributed by atoms with Crippen molar-refractivity contribution in [3.63, 3.8) is 0 Å². The Kier molecular flexibility index (Phi) is 2.61. The van der Waals surface area contributed by atoms with Crippen LogP contribution >= 0.6 is 11.3 Å². The number of anilines is 1. The fourth-order valence-electron chi connectivity index (χ4n) is 2.10. The summed E-state index contributed by atoms with van der Waals surface area (Å²) in [5.41, 5.74) is 7.86. The van der Waals surface area contributed by atoms with Crippen LogP contribution in [0.5, 0.6) is 0 Å². The zero-order valence-corrected chi connectivity index (χ0v) is 10.3. The molecule has 0 aliphatic heterocycles. The van der Waals surface area contributed by atoms with E-state index in [9.17, 15) is 0 Å². The molecule has 2 heterocycles. The highest BCUT2D eigenvalue weighted by Crippen LogP contribution is 2.19. The Balaban J connectivity index is 1.86. The molecule has 2 aromatic heterocycles. The molecule has 3 rings (SSSR count). The Hall–Kier alpha value is -1.74. The molecule has 0 amide bonds. The maximum atomic E-state index is 5.78. The maximum Gasteiger partial charge on any atom is 0.0481 e. The maximum absolute atomic E-state index is 5.78. The minimum Gasteiger partial charge on any atom is -0.399 e. The van der Waals surface area contributed by atoms with Gasteiger partial charge in [0.15, 0.2) is 0 Å². The Bertz CT molecular complexity index is 623. The van der Waals surface area contributed by atoms with Crippen molar-refractivity contribution in [1.29, 1.82) is 0 Å². The van der Waals surface area contributed by atoms with Gasteiger partial charge in [0.05, 0.1) is 0 Å². The molecule has 2 N–H and O–H groups in total. The third kappa shape index (κ3) is 2.06. The van der Waals surface area contributed by atoms with Gasteiger partial charge in [-0.3, -0.25) is 0 Å². The van der Waals surface area contributed by atoms with Gasteiger partial charge in [0, 0.05) is 34.2 Å². The van der Waals surface area contributed by atoms with Gasteiger partial charge in [-0.05, 0) is 42.1 Å². The van der Waals surface area contributed by atoms with E-state index in [-0.39, 0.29) is 0 Å². The summed E-state index contributed by atoms with van der Waals surface area (Å²) in [7, 11) is 0. The number of thiophene rings is 1. The van der Waals surface area contributed by atoms with E-state index >= 15 is 0 Å². The number of rotatable bonds is 3. The second-order valence-corrected chi connectivity index (χ2v) is 5.19. The lowest BCUT2D eigenvalue weighted by Gasteiger charge is -2.04. The van der Waals surface area contributed by atoms with Crippen LogP contribution in [-0.4, -0.2) is 4.57 Å². The van der Waals surface area contributed by atoms with Gasteiger partial charge in [-0.25, -0.2) is 0 Å². The van der Waals surface area contributed by atoms with Crippen LogP contribution < -0.4 is 5.73 Å². The van der Waals surface area contributed by atoms with Crippen molar-refractivity contribution in [3.8, 4) is 0 Å². The molecule has 1 aromatic carbocycles. The number of benzene rings is 1. The highest BCUT2D eigenvalue weighted by Gasteiger charge is 2.01. The summed E-state index contributed by atoms with van der Waals surface area (Å²) in [6.45, 7) is 1.02. The smallest absolute Gasteiger partial charge is 0.0481 e. The van der Waals surface area contributed by atoms with E-state index < -0.39 is 0 Å². The third-order valence-electron chi connectivity index (χ3n) is 2.97. The molecule has 2 nitrogen and oxygen atoms in total. The normalized spacial score (nSPS) is 11.1. The molecule has 3 heteroatoms. The second kappa shape index (κ2) is 4.26. The van der Waals surface area contributed by atoms with Crippen molar-refractivity contribution in [2.75, 3.05) is 5.73 Å². The summed E-state index contributed by atoms with van der Waals surface area (Å²) in [5, 5.41) is 3.35. The van der Waals surface area contributed by atoms with Gasteiger partial charge in [-0.15, -0.1) is 11.3 Å². The van der Waals surface area contributed by atoms with E-state index in [1.165, 1.54) is 15.8 Å². The number of nitrogens with two attached hydrogens (primary N) is 1. The van der Waals surface area contributed by atoms with Crippen LogP contribution in [0.25, 0.3) is 10.9 Å². The Morgan fingerprint density at radius 1 is 1.18 bits per heavy atom. The van der Waals surface area contributed by atoms with E-state index in [4.69, 9.17) is 5.73 Å². The minimum absolute atomic E-state index is 0.827. The number of nitrogen functional groups attached to an aromatic ring is 1. The number of fused-ring (bicyclic) bond motifs is 1. The molecule has 0 bridgehead atoms. The molecular formula is C14H14N2S. The molecule has 0 saturated carbocycles. The van der Waals surface area contributed by atoms with Gasteiger partial charge in [-0.1, -0.05) is 6.07 Å². The van der Waals surface area contributed by atoms with E-state index in [2.05, 4.69) is 40.4 Å². The van der Waals surface area contributed by atoms with Crippen LogP contribution in [0.3, 0.4) is 0 Å². The van der Waals surface area contributed by atoms with Gasteiger partial charge in [0.1, 0.15) is 0 Å². The third-order valence-corrected chi connectivity index (χ3v) is 3.91. The summed E-state index contributed by atoms with van der Waals surface area (Å²) in [4.78, 5) is 1.43. The van der Waals surface area contributed by atoms with Gasteiger partial charge >= 0.3 is 0 Å². The van der Waals surface area contributed by atoms with Gasteiger partial charge < -0.3 is 10.3 Å². The number of nitrogens with zero attached hydrogens (tertiary/aromatic N) is 1. The number of aryl methyl sites for hydroxylation is 2. The minimum atomic E-state index is 0.827. The van der Waals surface area contributed by atoms with Crippen molar-refractivity contribution in [1.82, 2.24) is 4.57 Å². The number of aromatic nitrogens is 1. The van der Waals surface area contributed by atoms with E-state index in [1.807, 2.05) is 23.5 Å². The summed E-state index contributed by atoms with van der Waals surface area (Å²) >= 11 is 1.82. The lowest BCUT2D eigenvalue weighted by molar-refractivity contribution is 0.730. The first kappa shape index (κ1) is 10.4. The first-order chi connectivity index (χ1) is 8.33. The Morgan fingerprint density at radius 3 is 2.94 bits per heavy atom. The lowest BCUT2D eigenvalue weighted by Crippen LogP contribution is -1.98. The fraction of sp³-hybridized carbons (Fsp3) is 0.143.